The summed E-state index contributed by atoms with van der Waals surface area (Å²) in [5.74, 6) is 0. The van der Waals surface area contributed by atoms with E-state index in [9.17, 15) is 14.7 Å². The molecule has 0 saturated carbocycles. The summed E-state index contributed by atoms with van der Waals surface area (Å²) < 4.78 is 2.35. The zero-order valence-electron chi connectivity index (χ0n) is 9.30. The number of nitrogens with zero attached hydrogens (tertiary/aromatic N) is 3. The maximum absolute atomic E-state index is 12.0. The summed E-state index contributed by atoms with van der Waals surface area (Å²) >= 11 is 0. The van der Waals surface area contributed by atoms with Crippen LogP contribution in [-0.4, -0.2) is 24.2 Å². The molecule has 2 heterocycles. The molecule has 0 amide bonds. The molecular formula is C10H12N4O3. The normalized spacial score (nSPS) is 10.9. The van der Waals surface area contributed by atoms with Gasteiger partial charge in [-0.15, -0.1) is 6.58 Å². The Balaban J connectivity index is 3.00. The van der Waals surface area contributed by atoms with Crippen molar-refractivity contribution >= 4 is 11.2 Å². The van der Waals surface area contributed by atoms with Crippen molar-refractivity contribution in [3.05, 3.63) is 33.5 Å². The van der Waals surface area contributed by atoms with E-state index in [4.69, 9.17) is 0 Å². The molecule has 0 unspecified atom stereocenters. The van der Waals surface area contributed by atoms with Gasteiger partial charge in [0.1, 0.15) is 0 Å². The lowest BCUT2D eigenvalue weighted by molar-refractivity contribution is 0.438. The molecule has 7 heteroatoms. The predicted octanol–water partition coefficient (Wildman–Crippen LogP) is -0.202. The molecule has 7 nitrogen and oxygen atoms in total. The molecule has 17 heavy (non-hydrogen) atoms. The second-order valence-corrected chi connectivity index (χ2v) is 3.49. The third-order valence-electron chi connectivity index (χ3n) is 2.48. The van der Waals surface area contributed by atoms with Crippen LogP contribution >= 0.6 is 0 Å². The quantitative estimate of drug-likeness (QED) is 0.721. The van der Waals surface area contributed by atoms with E-state index in [1.165, 1.54) is 10.6 Å². The number of hydrogen-bond donors (Lipinski definition) is 2. The van der Waals surface area contributed by atoms with Crippen LogP contribution in [0.15, 0.2) is 22.2 Å². The van der Waals surface area contributed by atoms with E-state index in [1.807, 2.05) is 0 Å². The van der Waals surface area contributed by atoms with E-state index < -0.39 is 11.2 Å². The molecule has 0 aliphatic carbocycles. The maximum Gasteiger partial charge on any atom is 0.333 e. The summed E-state index contributed by atoms with van der Waals surface area (Å²) in [5, 5.41) is 9.27. The minimum Gasteiger partial charge on any atom is -0.480 e. The van der Waals surface area contributed by atoms with E-state index >= 15 is 0 Å². The average Bonchev–Trinajstić information content (AvgIpc) is 2.67. The van der Waals surface area contributed by atoms with Crippen molar-refractivity contribution in [1.82, 2.24) is 19.1 Å². The van der Waals surface area contributed by atoms with Crippen LogP contribution in [0.1, 0.15) is 6.92 Å². The van der Waals surface area contributed by atoms with Gasteiger partial charge in [0.05, 0.1) is 0 Å². The molecule has 2 aromatic heterocycles. The molecule has 0 fully saturated rings. The van der Waals surface area contributed by atoms with Crippen LogP contribution < -0.4 is 11.2 Å². The van der Waals surface area contributed by atoms with Crippen LogP contribution in [-0.2, 0) is 13.1 Å². The van der Waals surface area contributed by atoms with Crippen molar-refractivity contribution in [1.29, 1.82) is 0 Å². The fourth-order valence-corrected chi connectivity index (χ4v) is 1.73. The van der Waals surface area contributed by atoms with Crippen molar-refractivity contribution in [2.24, 2.45) is 0 Å². The van der Waals surface area contributed by atoms with Gasteiger partial charge in [0.15, 0.2) is 11.2 Å². The Hall–Kier alpha value is -2.31. The molecule has 2 N–H and O–H groups in total. The lowest BCUT2D eigenvalue weighted by atomic mass is 10.4. The number of hydrogen-bond acceptors (Lipinski definition) is 4. The Kier molecular flexibility index (Phi) is 2.58. The van der Waals surface area contributed by atoms with Gasteiger partial charge in [0, 0.05) is 13.1 Å². The Morgan fingerprint density at radius 3 is 2.76 bits per heavy atom. The summed E-state index contributed by atoms with van der Waals surface area (Å²) in [4.78, 5) is 30.0. The average molecular weight is 236 g/mol. The molecule has 2 rings (SSSR count). The molecule has 0 spiro atoms. The summed E-state index contributed by atoms with van der Waals surface area (Å²) in [6.45, 7) is 5.72. The molecule has 2 aromatic rings. The first-order chi connectivity index (χ1) is 8.10. The van der Waals surface area contributed by atoms with Crippen molar-refractivity contribution < 1.29 is 5.11 Å². The third-order valence-corrected chi connectivity index (χ3v) is 2.48. The van der Waals surface area contributed by atoms with Gasteiger partial charge in [0.2, 0.25) is 0 Å². The lowest BCUT2D eigenvalue weighted by Gasteiger charge is -2.07. The highest BCUT2D eigenvalue weighted by Gasteiger charge is 2.15. The van der Waals surface area contributed by atoms with Crippen LogP contribution in [0.4, 0.5) is 0 Å². The first-order valence-corrected chi connectivity index (χ1v) is 5.13. The summed E-state index contributed by atoms with van der Waals surface area (Å²) in [6, 6.07) is -0.386. The maximum atomic E-state index is 12.0. The standard InChI is InChI=1S/C10H12N4O3/c1-3-5-14-7-6(11-9(16)12-7)8(15)13(4-2)10(14)17/h3H,1,4-5H2,2H3,(H2,11,12,16). The first kappa shape index (κ1) is 11.2. The molecule has 0 aromatic carbocycles. The van der Waals surface area contributed by atoms with Gasteiger partial charge in [-0.2, -0.15) is 4.98 Å². The number of imidazole rings is 1. The van der Waals surface area contributed by atoms with E-state index in [1.54, 1.807) is 6.92 Å². The van der Waals surface area contributed by atoms with E-state index in [-0.39, 0.29) is 30.3 Å². The number of aromatic amines is 1. The van der Waals surface area contributed by atoms with Gasteiger partial charge in [-0.3, -0.25) is 13.9 Å². The van der Waals surface area contributed by atoms with E-state index in [0.29, 0.717) is 0 Å². The molecule has 0 saturated heterocycles. The SMILES string of the molecule is C=CCn1c(=O)n(CC)c(=O)c2[nH]c(O)nc21. The number of rotatable bonds is 3. The molecule has 0 radical (unpaired) electrons. The Labute approximate surface area is 95.7 Å². The van der Waals surface area contributed by atoms with Gasteiger partial charge in [-0.1, -0.05) is 6.08 Å². The zero-order chi connectivity index (χ0) is 12.6. The zero-order valence-corrected chi connectivity index (χ0v) is 9.30. The van der Waals surface area contributed by atoms with Crippen LogP contribution in [0.2, 0.25) is 0 Å². The first-order valence-electron chi connectivity index (χ1n) is 5.13. The van der Waals surface area contributed by atoms with Crippen molar-refractivity contribution in [2.75, 3.05) is 0 Å². The minimum absolute atomic E-state index is 0.116. The van der Waals surface area contributed by atoms with Crippen LogP contribution in [0.5, 0.6) is 6.01 Å². The Morgan fingerprint density at radius 2 is 2.18 bits per heavy atom. The summed E-state index contributed by atoms with van der Waals surface area (Å²) in [5.41, 5.74) is -0.690. The largest absolute Gasteiger partial charge is 0.480 e. The topological polar surface area (TPSA) is 92.9 Å². The summed E-state index contributed by atoms with van der Waals surface area (Å²) in [7, 11) is 0. The van der Waals surface area contributed by atoms with Gasteiger partial charge in [-0.25, -0.2) is 4.79 Å². The van der Waals surface area contributed by atoms with Crippen LogP contribution in [0, 0.1) is 0 Å². The number of H-pyrrole nitrogens is 1. The fraction of sp³-hybridized carbons (Fsp3) is 0.300. The van der Waals surface area contributed by atoms with Crippen molar-refractivity contribution in [3.8, 4) is 6.01 Å². The molecule has 90 valence electrons. The van der Waals surface area contributed by atoms with Crippen LogP contribution in [0.25, 0.3) is 11.2 Å². The van der Waals surface area contributed by atoms with Gasteiger partial charge >= 0.3 is 5.69 Å². The second kappa shape index (κ2) is 3.93. The third kappa shape index (κ3) is 1.55. The molecule has 0 bridgehead atoms. The highest BCUT2D eigenvalue weighted by Crippen LogP contribution is 2.09. The minimum atomic E-state index is -0.486. The fourth-order valence-electron chi connectivity index (χ4n) is 1.73. The highest BCUT2D eigenvalue weighted by atomic mass is 16.3. The van der Waals surface area contributed by atoms with Gasteiger partial charge in [-0.05, 0) is 6.92 Å². The van der Waals surface area contributed by atoms with Crippen molar-refractivity contribution in [2.45, 2.75) is 20.0 Å². The smallest absolute Gasteiger partial charge is 0.333 e. The van der Waals surface area contributed by atoms with Crippen molar-refractivity contribution in [3.63, 3.8) is 0 Å². The lowest BCUT2D eigenvalue weighted by Crippen LogP contribution is -2.39. The van der Waals surface area contributed by atoms with E-state index in [0.717, 1.165) is 4.57 Å². The molecule has 0 aliphatic rings. The number of nitrogens with one attached hydrogen (secondary N) is 1. The van der Waals surface area contributed by atoms with Crippen LogP contribution in [0.3, 0.4) is 0 Å². The predicted molar refractivity (Wildman–Crippen MR) is 62.1 cm³/mol. The Morgan fingerprint density at radius 1 is 1.47 bits per heavy atom. The monoisotopic (exact) mass is 236 g/mol. The second-order valence-electron chi connectivity index (χ2n) is 3.49. The number of aromatic hydroxyl groups is 1. The molecule has 0 atom stereocenters. The van der Waals surface area contributed by atoms with E-state index in [2.05, 4.69) is 16.5 Å². The number of allylic oxidation sites excluding steroid dienone is 1. The van der Waals surface area contributed by atoms with Gasteiger partial charge < -0.3 is 10.1 Å². The number of aromatic nitrogens is 4. The Bertz CT molecular complexity index is 692. The van der Waals surface area contributed by atoms with Gasteiger partial charge in [0.25, 0.3) is 11.6 Å². The summed E-state index contributed by atoms with van der Waals surface area (Å²) in [6.07, 6.45) is 1.52. The number of fused-ring (bicyclic) bond motifs is 1. The molecular weight excluding hydrogens is 224 g/mol. The molecule has 0 aliphatic heterocycles. The highest BCUT2D eigenvalue weighted by molar-refractivity contribution is 5.70.